The van der Waals surface area contributed by atoms with Gasteiger partial charge >= 0.3 is 0 Å². The maximum absolute atomic E-state index is 6.14. The molecule has 20 heavy (non-hydrogen) atoms. The zero-order valence-electron chi connectivity index (χ0n) is 11.9. The van der Waals surface area contributed by atoms with Crippen molar-refractivity contribution in [2.24, 2.45) is 0 Å². The lowest BCUT2D eigenvalue weighted by Gasteiger charge is -2.21. The zero-order chi connectivity index (χ0) is 14.3. The van der Waals surface area contributed by atoms with Gasteiger partial charge in [0.25, 0.3) is 0 Å². The molecule has 2 nitrogen and oxygen atoms in total. The predicted molar refractivity (Wildman–Crippen MR) is 86.5 cm³/mol. The molecule has 0 radical (unpaired) electrons. The van der Waals surface area contributed by atoms with Crippen LogP contribution in [0.25, 0.3) is 0 Å². The molecule has 0 unspecified atom stereocenters. The van der Waals surface area contributed by atoms with Crippen molar-refractivity contribution in [1.82, 2.24) is 0 Å². The first-order valence-corrected chi connectivity index (χ1v) is 7.32. The van der Waals surface area contributed by atoms with Crippen LogP contribution in [0, 0.1) is 13.8 Å². The molecule has 0 atom stereocenters. The van der Waals surface area contributed by atoms with Crippen LogP contribution in [0.2, 0.25) is 5.02 Å². The number of rotatable bonds is 2. The number of hydrogen-bond donors (Lipinski definition) is 1. The Morgan fingerprint density at radius 2 is 2.05 bits per heavy atom. The van der Waals surface area contributed by atoms with Crippen LogP contribution in [0.5, 0.6) is 0 Å². The van der Waals surface area contributed by atoms with Gasteiger partial charge in [-0.1, -0.05) is 23.7 Å². The third-order valence-electron chi connectivity index (χ3n) is 4.18. The molecule has 1 heterocycles. The Bertz CT molecular complexity index is 664. The number of fused-ring (bicyclic) bond motifs is 1. The van der Waals surface area contributed by atoms with E-state index in [4.69, 9.17) is 17.3 Å². The van der Waals surface area contributed by atoms with Gasteiger partial charge in [-0.15, -0.1) is 0 Å². The maximum Gasteiger partial charge on any atom is 0.0430 e. The summed E-state index contributed by atoms with van der Waals surface area (Å²) in [6, 6.07) is 10.3. The van der Waals surface area contributed by atoms with Crippen molar-refractivity contribution in [2.75, 3.05) is 17.2 Å². The van der Waals surface area contributed by atoms with Crippen molar-refractivity contribution in [3.8, 4) is 0 Å². The van der Waals surface area contributed by atoms with Crippen molar-refractivity contribution in [3.05, 3.63) is 57.6 Å². The highest BCUT2D eigenvalue weighted by Crippen LogP contribution is 2.36. The van der Waals surface area contributed by atoms with Gasteiger partial charge in [-0.05, 0) is 60.7 Å². The quantitative estimate of drug-likeness (QED) is 0.842. The molecule has 0 spiro atoms. The molecule has 2 N–H and O–H groups in total. The lowest BCUT2D eigenvalue weighted by atomic mass is 10.0. The Balaban J connectivity index is 1.94. The van der Waals surface area contributed by atoms with Crippen LogP contribution in [0.4, 0.5) is 11.4 Å². The van der Waals surface area contributed by atoms with E-state index in [2.05, 4.69) is 30.9 Å². The van der Waals surface area contributed by atoms with Gasteiger partial charge in [-0.3, -0.25) is 0 Å². The van der Waals surface area contributed by atoms with Crippen molar-refractivity contribution in [2.45, 2.75) is 26.8 Å². The van der Waals surface area contributed by atoms with Gasteiger partial charge in [0.15, 0.2) is 0 Å². The van der Waals surface area contributed by atoms with Crippen LogP contribution >= 0.6 is 11.6 Å². The summed E-state index contributed by atoms with van der Waals surface area (Å²) in [6.45, 7) is 6.16. The molecule has 0 amide bonds. The summed E-state index contributed by atoms with van der Waals surface area (Å²) in [5, 5.41) is 0.798. The summed E-state index contributed by atoms with van der Waals surface area (Å²) in [5.74, 6) is 0. The van der Waals surface area contributed by atoms with Crippen molar-refractivity contribution < 1.29 is 0 Å². The fraction of sp³-hybridized carbons (Fsp3) is 0.294. The minimum absolute atomic E-state index is 0.798. The van der Waals surface area contributed by atoms with Crippen molar-refractivity contribution in [3.63, 3.8) is 0 Å². The highest BCUT2D eigenvalue weighted by molar-refractivity contribution is 6.30. The molecule has 1 aliphatic rings. The van der Waals surface area contributed by atoms with E-state index >= 15 is 0 Å². The summed E-state index contributed by atoms with van der Waals surface area (Å²) in [5.41, 5.74) is 13.5. The molecular weight excluding hydrogens is 268 g/mol. The monoisotopic (exact) mass is 286 g/mol. The Morgan fingerprint density at radius 3 is 2.80 bits per heavy atom. The zero-order valence-corrected chi connectivity index (χ0v) is 12.7. The third kappa shape index (κ3) is 2.25. The summed E-state index contributed by atoms with van der Waals surface area (Å²) < 4.78 is 0. The Kier molecular flexibility index (Phi) is 3.35. The normalized spacial score (nSPS) is 13.7. The molecule has 0 aromatic heterocycles. The van der Waals surface area contributed by atoms with E-state index in [-0.39, 0.29) is 0 Å². The predicted octanol–water partition coefficient (Wildman–Crippen LogP) is 4.10. The van der Waals surface area contributed by atoms with E-state index in [0.29, 0.717) is 0 Å². The number of aryl methyl sites for hydroxylation is 1. The van der Waals surface area contributed by atoms with Crippen LogP contribution in [0.15, 0.2) is 30.3 Å². The standard InChI is InChI=1S/C17H19ClN2/c1-11-8-16-15(12(2)17(11)19)6-7-20(16)10-13-4-3-5-14(18)9-13/h3-5,8-9H,6-7,10,19H2,1-2H3. The average molecular weight is 287 g/mol. The van der Waals surface area contributed by atoms with Gasteiger partial charge in [0.05, 0.1) is 0 Å². The summed E-state index contributed by atoms with van der Waals surface area (Å²) in [7, 11) is 0. The average Bonchev–Trinajstić information content (AvgIpc) is 2.79. The lowest BCUT2D eigenvalue weighted by Crippen LogP contribution is -2.19. The molecular formula is C17H19ClN2. The van der Waals surface area contributed by atoms with Crippen molar-refractivity contribution in [1.29, 1.82) is 0 Å². The number of hydrogen-bond acceptors (Lipinski definition) is 2. The van der Waals surface area contributed by atoms with E-state index in [1.165, 1.54) is 27.9 Å². The maximum atomic E-state index is 6.14. The van der Waals surface area contributed by atoms with Gasteiger partial charge in [0.2, 0.25) is 0 Å². The van der Waals surface area contributed by atoms with Gasteiger partial charge < -0.3 is 10.6 Å². The molecule has 0 saturated heterocycles. The molecule has 104 valence electrons. The molecule has 2 aromatic rings. The van der Waals surface area contributed by atoms with Crippen LogP contribution < -0.4 is 10.6 Å². The second kappa shape index (κ2) is 5.02. The van der Waals surface area contributed by atoms with E-state index in [0.717, 1.165) is 30.2 Å². The molecule has 0 aliphatic carbocycles. The second-order valence-electron chi connectivity index (χ2n) is 5.53. The lowest BCUT2D eigenvalue weighted by molar-refractivity contribution is 0.835. The summed E-state index contributed by atoms with van der Waals surface area (Å²) >= 11 is 6.07. The largest absolute Gasteiger partial charge is 0.398 e. The molecule has 2 aromatic carbocycles. The van der Waals surface area contributed by atoms with Crippen LogP contribution in [-0.2, 0) is 13.0 Å². The first-order valence-electron chi connectivity index (χ1n) is 6.94. The molecule has 0 saturated carbocycles. The van der Waals surface area contributed by atoms with E-state index in [1.54, 1.807) is 0 Å². The second-order valence-corrected chi connectivity index (χ2v) is 5.97. The topological polar surface area (TPSA) is 29.3 Å². The Morgan fingerprint density at radius 1 is 1.25 bits per heavy atom. The smallest absolute Gasteiger partial charge is 0.0430 e. The molecule has 0 fully saturated rings. The van der Waals surface area contributed by atoms with Gasteiger partial charge in [-0.2, -0.15) is 0 Å². The van der Waals surface area contributed by atoms with E-state index in [9.17, 15) is 0 Å². The minimum atomic E-state index is 0.798. The molecule has 3 rings (SSSR count). The number of nitrogens with zero attached hydrogens (tertiary/aromatic N) is 1. The SMILES string of the molecule is Cc1cc2c(c(C)c1N)CCN2Cc1cccc(Cl)c1. The van der Waals surface area contributed by atoms with Crippen LogP contribution in [-0.4, -0.2) is 6.54 Å². The molecule has 1 aliphatic heterocycles. The van der Waals surface area contributed by atoms with Gasteiger partial charge in [0, 0.05) is 29.5 Å². The van der Waals surface area contributed by atoms with Gasteiger partial charge in [0.1, 0.15) is 0 Å². The highest BCUT2D eigenvalue weighted by Gasteiger charge is 2.22. The van der Waals surface area contributed by atoms with E-state index in [1.807, 2.05) is 18.2 Å². The number of benzene rings is 2. The van der Waals surface area contributed by atoms with Crippen LogP contribution in [0.3, 0.4) is 0 Å². The van der Waals surface area contributed by atoms with E-state index < -0.39 is 0 Å². The first kappa shape index (κ1) is 13.3. The third-order valence-corrected chi connectivity index (χ3v) is 4.41. The summed E-state index contributed by atoms with van der Waals surface area (Å²) in [6.07, 6.45) is 1.08. The molecule has 0 bridgehead atoms. The fourth-order valence-corrected chi connectivity index (χ4v) is 3.22. The number of anilines is 2. The first-order chi connectivity index (χ1) is 9.56. The fourth-order valence-electron chi connectivity index (χ4n) is 3.01. The Hall–Kier alpha value is -1.67. The van der Waals surface area contributed by atoms with Gasteiger partial charge in [-0.25, -0.2) is 0 Å². The number of nitrogens with two attached hydrogens (primary N) is 1. The number of nitrogen functional groups attached to an aromatic ring is 1. The summed E-state index contributed by atoms with van der Waals surface area (Å²) in [4.78, 5) is 2.42. The van der Waals surface area contributed by atoms with Crippen molar-refractivity contribution >= 4 is 23.0 Å². The molecule has 3 heteroatoms. The number of halogens is 1. The van der Waals surface area contributed by atoms with Crippen LogP contribution in [0.1, 0.15) is 22.3 Å². The minimum Gasteiger partial charge on any atom is -0.398 e. The Labute approximate surface area is 125 Å². The highest BCUT2D eigenvalue weighted by atomic mass is 35.5.